The molecule has 0 fully saturated rings. The summed E-state index contributed by atoms with van der Waals surface area (Å²) in [6.45, 7) is 0.666. The van der Waals surface area contributed by atoms with Gasteiger partial charge >= 0.3 is 5.69 Å². The summed E-state index contributed by atoms with van der Waals surface area (Å²) < 4.78 is 2.94. The first-order valence-corrected chi connectivity index (χ1v) is 2.00. The Balaban J connectivity index is 3.08. The van der Waals surface area contributed by atoms with Crippen molar-refractivity contribution < 1.29 is 0 Å². The predicted molar refractivity (Wildman–Crippen MR) is 21.9 cm³/mol. The topological polar surface area (TPSA) is 39.8 Å². The van der Waals surface area contributed by atoms with Crippen LogP contribution in [0, 0.1) is 0 Å². The molecule has 0 aliphatic carbocycles. The van der Waals surface area contributed by atoms with Crippen LogP contribution < -0.4 is 5.69 Å². The van der Waals surface area contributed by atoms with Crippen LogP contribution >= 0.6 is 0 Å². The molecule has 0 saturated heterocycles. The molecular formula is C3H3N3O. The van der Waals surface area contributed by atoms with Gasteiger partial charge in [-0.2, -0.15) is 9.78 Å². The first kappa shape index (κ1) is 3.01. The number of fused-ring (bicyclic) bond motifs is 1. The Bertz CT molecular complexity index is 222. The Kier molecular flexibility index (Phi) is 0.275. The van der Waals surface area contributed by atoms with Crippen molar-refractivity contribution in [2.45, 2.75) is 6.67 Å². The maximum absolute atomic E-state index is 10.4. The summed E-state index contributed by atoms with van der Waals surface area (Å²) in [4.78, 5) is 10.4. The first-order valence-electron chi connectivity index (χ1n) is 2.00. The minimum atomic E-state index is 0.000000000000000444. The molecule has 0 saturated carbocycles. The average molecular weight is 97.1 g/mol. The van der Waals surface area contributed by atoms with E-state index in [-0.39, 0.29) is 5.69 Å². The molecule has 0 radical (unpaired) electrons. The molecule has 0 amide bonds. The zero-order chi connectivity index (χ0) is 4.85. The van der Waals surface area contributed by atoms with Gasteiger partial charge in [-0.05, 0) is 0 Å². The van der Waals surface area contributed by atoms with E-state index in [9.17, 15) is 4.79 Å². The van der Waals surface area contributed by atoms with Gasteiger partial charge in [-0.3, -0.25) is 4.57 Å². The summed E-state index contributed by atoms with van der Waals surface area (Å²) in [5, 5.41) is 3.68. The second kappa shape index (κ2) is 0.641. The number of rotatable bonds is 0. The van der Waals surface area contributed by atoms with Gasteiger partial charge in [0.1, 0.15) is 13.0 Å². The molecule has 1 aromatic rings. The Hall–Kier alpha value is -1.06. The SMILES string of the molecule is O=c1n2cnn1C2. The van der Waals surface area contributed by atoms with Crippen molar-refractivity contribution in [1.29, 1.82) is 0 Å². The summed E-state index contributed by atoms with van der Waals surface area (Å²) in [6, 6.07) is 0. The monoisotopic (exact) mass is 97.0 g/mol. The number of aromatic nitrogens is 3. The molecule has 7 heavy (non-hydrogen) atoms. The maximum Gasteiger partial charge on any atom is 0.349 e. The minimum absolute atomic E-state index is 0.000000000000000444. The second-order valence-electron chi connectivity index (χ2n) is 1.52. The van der Waals surface area contributed by atoms with Gasteiger partial charge in [0.15, 0.2) is 0 Å². The summed E-state index contributed by atoms with van der Waals surface area (Å²) >= 11 is 0. The summed E-state index contributed by atoms with van der Waals surface area (Å²) in [5.74, 6) is 0. The van der Waals surface area contributed by atoms with Gasteiger partial charge in [-0.15, -0.1) is 0 Å². The van der Waals surface area contributed by atoms with Crippen LogP contribution in [-0.4, -0.2) is 14.3 Å². The van der Waals surface area contributed by atoms with Crippen molar-refractivity contribution in [3.05, 3.63) is 16.8 Å². The van der Waals surface area contributed by atoms with E-state index in [1.807, 2.05) is 0 Å². The molecule has 0 atom stereocenters. The molecule has 0 spiro atoms. The van der Waals surface area contributed by atoms with Gasteiger partial charge in [0, 0.05) is 0 Å². The fraction of sp³-hybridized carbons (Fsp3) is 0.333. The van der Waals surface area contributed by atoms with Crippen molar-refractivity contribution in [3.63, 3.8) is 0 Å². The van der Waals surface area contributed by atoms with E-state index in [0.29, 0.717) is 6.67 Å². The minimum Gasteiger partial charge on any atom is -0.261 e. The third kappa shape index (κ3) is 0.168. The summed E-state index contributed by atoms with van der Waals surface area (Å²) in [6.07, 6.45) is 1.53. The molecule has 2 aliphatic heterocycles. The van der Waals surface area contributed by atoms with Gasteiger partial charge in [-0.1, -0.05) is 0 Å². The van der Waals surface area contributed by atoms with Gasteiger partial charge in [0.25, 0.3) is 0 Å². The third-order valence-corrected chi connectivity index (χ3v) is 1.08. The highest BCUT2D eigenvalue weighted by atomic mass is 16.2. The van der Waals surface area contributed by atoms with Crippen LogP contribution in [0.3, 0.4) is 0 Å². The molecule has 2 bridgehead atoms. The van der Waals surface area contributed by atoms with Crippen molar-refractivity contribution >= 4 is 0 Å². The molecule has 3 heterocycles. The molecule has 0 aromatic carbocycles. The second-order valence-corrected chi connectivity index (χ2v) is 1.52. The fourth-order valence-electron chi connectivity index (χ4n) is 0.632. The normalized spacial score (nSPS) is 13.7. The molecule has 2 aliphatic rings. The Morgan fingerprint density at radius 3 is 2.86 bits per heavy atom. The fourth-order valence-corrected chi connectivity index (χ4v) is 0.632. The molecule has 4 heteroatoms. The number of hydrogen-bond donors (Lipinski definition) is 0. The molecule has 36 valence electrons. The average Bonchev–Trinajstić information content (AvgIpc) is 2.18. The van der Waals surface area contributed by atoms with E-state index in [1.54, 1.807) is 4.57 Å². The highest BCUT2D eigenvalue weighted by Gasteiger charge is 2.13. The molecule has 4 nitrogen and oxygen atoms in total. The Labute approximate surface area is 39.0 Å². The van der Waals surface area contributed by atoms with Crippen molar-refractivity contribution in [1.82, 2.24) is 14.3 Å². The van der Waals surface area contributed by atoms with E-state index >= 15 is 0 Å². The van der Waals surface area contributed by atoms with Gasteiger partial charge in [0.05, 0.1) is 0 Å². The zero-order valence-corrected chi connectivity index (χ0v) is 3.53. The third-order valence-electron chi connectivity index (χ3n) is 1.08. The highest BCUT2D eigenvalue weighted by molar-refractivity contribution is 4.76. The lowest BCUT2D eigenvalue weighted by Crippen LogP contribution is -2.38. The van der Waals surface area contributed by atoms with Crippen molar-refractivity contribution in [2.24, 2.45) is 0 Å². The molecule has 3 rings (SSSR count). The van der Waals surface area contributed by atoms with Crippen LogP contribution in [0.5, 0.6) is 0 Å². The highest BCUT2D eigenvalue weighted by Crippen LogP contribution is 1.87. The molecule has 1 aromatic heterocycles. The van der Waals surface area contributed by atoms with E-state index in [0.717, 1.165) is 0 Å². The van der Waals surface area contributed by atoms with Gasteiger partial charge in [-0.25, -0.2) is 4.79 Å². The lowest BCUT2D eigenvalue weighted by Gasteiger charge is -2.03. The Morgan fingerprint density at radius 2 is 2.71 bits per heavy atom. The zero-order valence-electron chi connectivity index (χ0n) is 3.53. The van der Waals surface area contributed by atoms with Crippen LogP contribution in [0.25, 0.3) is 0 Å². The van der Waals surface area contributed by atoms with Crippen molar-refractivity contribution in [3.8, 4) is 0 Å². The Morgan fingerprint density at radius 1 is 1.86 bits per heavy atom. The van der Waals surface area contributed by atoms with Crippen LogP contribution in [0.1, 0.15) is 0 Å². The molecular weight excluding hydrogens is 94.1 g/mol. The largest absolute Gasteiger partial charge is 0.349 e. The standard InChI is InChI=1S/C3H3N3O/c7-3-5-1-4-6(3)2-5/h1H,2H2. The lowest BCUT2D eigenvalue weighted by molar-refractivity contribution is 0.453. The summed E-state index contributed by atoms with van der Waals surface area (Å²) in [5.41, 5.74) is 0.000000000000000444. The van der Waals surface area contributed by atoms with Crippen LogP contribution in [0.2, 0.25) is 0 Å². The number of hydrogen-bond acceptors (Lipinski definition) is 2. The van der Waals surface area contributed by atoms with Gasteiger partial charge in [0.2, 0.25) is 0 Å². The maximum atomic E-state index is 10.4. The van der Waals surface area contributed by atoms with E-state index in [2.05, 4.69) is 5.10 Å². The molecule has 0 unspecified atom stereocenters. The summed E-state index contributed by atoms with van der Waals surface area (Å²) in [7, 11) is 0. The number of nitrogens with zero attached hydrogens (tertiary/aromatic N) is 3. The van der Waals surface area contributed by atoms with Crippen LogP contribution in [0.4, 0.5) is 0 Å². The van der Waals surface area contributed by atoms with E-state index in [4.69, 9.17) is 0 Å². The van der Waals surface area contributed by atoms with Crippen molar-refractivity contribution in [2.75, 3.05) is 0 Å². The quantitative estimate of drug-likeness (QED) is 0.417. The predicted octanol–water partition coefficient (Wildman–Crippen LogP) is -1.14. The van der Waals surface area contributed by atoms with Gasteiger partial charge < -0.3 is 0 Å². The molecule has 0 N–H and O–H groups in total. The van der Waals surface area contributed by atoms with Crippen LogP contribution in [-0.2, 0) is 6.67 Å². The van der Waals surface area contributed by atoms with E-state index < -0.39 is 0 Å². The smallest absolute Gasteiger partial charge is 0.261 e. The van der Waals surface area contributed by atoms with E-state index in [1.165, 1.54) is 11.0 Å². The van der Waals surface area contributed by atoms with Crippen LogP contribution in [0.15, 0.2) is 11.1 Å². The lowest BCUT2D eigenvalue weighted by atomic mass is 10.8. The first-order chi connectivity index (χ1) is 3.38.